The third-order valence-corrected chi connectivity index (χ3v) is 5.29. The van der Waals surface area contributed by atoms with E-state index in [1.165, 1.54) is 0 Å². The van der Waals surface area contributed by atoms with Crippen LogP contribution in [0.1, 0.15) is 49.9 Å². The van der Waals surface area contributed by atoms with E-state index >= 15 is 0 Å². The zero-order valence-electron chi connectivity index (χ0n) is 12.4. The van der Waals surface area contributed by atoms with E-state index in [0.29, 0.717) is 17.6 Å². The van der Waals surface area contributed by atoms with Gasteiger partial charge in [0.15, 0.2) is 0 Å². The monoisotopic (exact) mass is 359 g/mol. The lowest BCUT2D eigenvalue weighted by Gasteiger charge is -2.41. The number of amides is 1. The summed E-state index contributed by atoms with van der Waals surface area (Å²) >= 11 is 3.02. The maximum Gasteiger partial charge on any atom is 0.259 e. The van der Waals surface area contributed by atoms with Crippen molar-refractivity contribution in [3.63, 3.8) is 0 Å². The molecule has 1 aliphatic rings. The molecule has 1 heterocycles. The molecule has 21 heavy (non-hydrogen) atoms. The first-order chi connectivity index (χ1) is 9.92. The quantitative estimate of drug-likeness (QED) is 0.760. The zero-order valence-corrected chi connectivity index (χ0v) is 14.0. The molecule has 2 nitrogen and oxygen atoms in total. The Kier molecular flexibility index (Phi) is 5.02. The first-order valence-electron chi connectivity index (χ1n) is 7.36. The number of carbonyl (C=O) groups excluding carboxylic acids is 1. The van der Waals surface area contributed by atoms with Gasteiger partial charge >= 0.3 is 0 Å². The number of hydrogen-bond donors (Lipinski definition) is 0. The molecule has 1 saturated heterocycles. The highest BCUT2D eigenvalue weighted by molar-refractivity contribution is 9.10. The van der Waals surface area contributed by atoms with Gasteiger partial charge in [0.2, 0.25) is 0 Å². The molecule has 116 valence electrons. The van der Waals surface area contributed by atoms with Crippen LogP contribution in [0.15, 0.2) is 16.6 Å². The van der Waals surface area contributed by atoms with Gasteiger partial charge in [-0.05, 0) is 30.4 Å². The Bertz CT molecular complexity index is 510. The first kappa shape index (κ1) is 16.4. The van der Waals surface area contributed by atoms with Crippen LogP contribution in [0.25, 0.3) is 0 Å². The summed E-state index contributed by atoms with van der Waals surface area (Å²) in [5.74, 6) is -2.16. The van der Waals surface area contributed by atoms with Crippen LogP contribution in [0.3, 0.4) is 0 Å². The van der Waals surface area contributed by atoms with E-state index in [2.05, 4.69) is 29.8 Å². The SMILES string of the molecule is CCC1(CC)CCN(C(=O)c2c(F)cc(Br)cc2F)CC1. The van der Waals surface area contributed by atoms with Crippen molar-refractivity contribution in [1.29, 1.82) is 0 Å². The zero-order chi connectivity index (χ0) is 15.6. The molecule has 0 bridgehead atoms. The highest BCUT2D eigenvalue weighted by atomic mass is 79.9. The molecule has 2 rings (SSSR count). The van der Waals surface area contributed by atoms with E-state index < -0.39 is 23.1 Å². The Morgan fingerprint density at radius 2 is 1.67 bits per heavy atom. The van der Waals surface area contributed by atoms with Crippen LogP contribution in [-0.2, 0) is 0 Å². The lowest BCUT2D eigenvalue weighted by molar-refractivity contribution is 0.0549. The third kappa shape index (κ3) is 3.28. The summed E-state index contributed by atoms with van der Waals surface area (Å²) in [6.45, 7) is 5.45. The molecule has 0 radical (unpaired) electrons. The number of carbonyl (C=O) groups is 1. The van der Waals surface area contributed by atoms with Crippen molar-refractivity contribution in [2.45, 2.75) is 39.5 Å². The van der Waals surface area contributed by atoms with E-state index in [4.69, 9.17) is 0 Å². The second-order valence-electron chi connectivity index (χ2n) is 5.74. The Balaban J connectivity index is 2.16. The summed E-state index contributed by atoms with van der Waals surface area (Å²) in [6.07, 6.45) is 3.94. The summed E-state index contributed by atoms with van der Waals surface area (Å²) in [5, 5.41) is 0. The normalized spacial score (nSPS) is 17.9. The minimum atomic E-state index is -0.810. The van der Waals surface area contributed by atoms with Crippen LogP contribution in [-0.4, -0.2) is 23.9 Å². The van der Waals surface area contributed by atoms with Crippen molar-refractivity contribution < 1.29 is 13.6 Å². The molecule has 0 N–H and O–H groups in total. The molecule has 0 aliphatic carbocycles. The first-order valence-corrected chi connectivity index (χ1v) is 8.15. The summed E-state index contributed by atoms with van der Waals surface area (Å²) < 4.78 is 28.1. The number of benzene rings is 1. The fourth-order valence-corrected chi connectivity index (χ4v) is 3.45. The van der Waals surface area contributed by atoms with Gasteiger partial charge in [0.1, 0.15) is 17.2 Å². The van der Waals surface area contributed by atoms with Crippen LogP contribution >= 0.6 is 15.9 Å². The number of piperidine rings is 1. The van der Waals surface area contributed by atoms with E-state index in [1.807, 2.05) is 0 Å². The molecule has 0 saturated carbocycles. The number of likely N-dealkylation sites (tertiary alicyclic amines) is 1. The maximum atomic E-state index is 13.9. The number of halogens is 3. The minimum absolute atomic E-state index is 0.271. The van der Waals surface area contributed by atoms with Crippen LogP contribution in [0.4, 0.5) is 8.78 Å². The van der Waals surface area contributed by atoms with Crippen LogP contribution in [0.2, 0.25) is 0 Å². The average molecular weight is 360 g/mol. The summed E-state index contributed by atoms with van der Waals surface area (Å²) in [7, 11) is 0. The molecule has 0 atom stereocenters. The number of hydrogen-bond acceptors (Lipinski definition) is 1. The lowest BCUT2D eigenvalue weighted by Crippen LogP contribution is -2.43. The maximum absolute atomic E-state index is 13.9. The molecule has 1 amide bonds. The number of rotatable bonds is 3. The van der Waals surface area contributed by atoms with Crippen molar-refractivity contribution in [2.24, 2.45) is 5.41 Å². The van der Waals surface area contributed by atoms with E-state index in [0.717, 1.165) is 37.8 Å². The van der Waals surface area contributed by atoms with Gasteiger partial charge in [0, 0.05) is 17.6 Å². The molecule has 0 unspecified atom stereocenters. The fourth-order valence-electron chi connectivity index (χ4n) is 3.05. The Morgan fingerprint density at radius 3 is 2.10 bits per heavy atom. The average Bonchev–Trinajstić information content (AvgIpc) is 2.46. The molecule has 1 aromatic rings. The Hall–Kier alpha value is -0.970. The van der Waals surface area contributed by atoms with E-state index in [9.17, 15) is 13.6 Å². The lowest BCUT2D eigenvalue weighted by atomic mass is 9.74. The molecule has 1 aromatic carbocycles. The molecule has 5 heteroatoms. The molecule has 0 spiro atoms. The fraction of sp³-hybridized carbons (Fsp3) is 0.562. The summed E-state index contributed by atoms with van der Waals surface area (Å²) in [5.41, 5.74) is -0.174. The molecule has 1 fully saturated rings. The molecule has 1 aliphatic heterocycles. The van der Waals surface area contributed by atoms with Gasteiger partial charge in [-0.25, -0.2) is 8.78 Å². The minimum Gasteiger partial charge on any atom is -0.338 e. The van der Waals surface area contributed by atoms with E-state index in [-0.39, 0.29) is 5.41 Å². The van der Waals surface area contributed by atoms with Gasteiger partial charge in [-0.3, -0.25) is 4.79 Å². The standard InChI is InChI=1S/C16H20BrF2NO/c1-3-16(4-2)5-7-20(8-6-16)15(21)14-12(18)9-11(17)10-13(14)19/h9-10H,3-8H2,1-2H3. The second kappa shape index (κ2) is 6.42. The van der Waals surface area contributed by atoms with Gasteiger partial charge in [-0.2, -0.15) is 0 Å². The highest BCUT2D eigenvalue weighted by Crippen LogP contribution is 2.38. The van der Waals surface area contributed by atoms with Gasteiger partial charge in [0.05, 0.1) is 0 Å². The van der Waals surface area contributed by atoms with Gasteiger partial charge in [0.25, 0.3) is 5.91 Å². The number of nitrogens with zero attached hydrogens (tertiary/aromatic N) is 1. The largest absolute Gasteiger partial charge is 0.338 e. The van der Waals surface area contributed by atoms with Gasteiger partial charge < -0.3 is 4.90 Å². The Labute approximate surface area is 132 Å². The molecular weight excluding hydrogens is 340 g/mol. The van der Waals surface area contributed by atoms with Crippen LogP contribution in [0.5, 0.6) is 0 Å². The van der Waals surface area contributed by atoms with Crippen LogP contribution < -0.4 is 0 Å². The Morgan fingerprint density at radius 1 is 1.19 bits per heavy atom. The smallest absolute Gasteiger partial charge is 0.259 e. The van der Waals surface area contributed by atoms with Crippen molar-refractivity contribution in [3.8, 4) is 0 Å². The predicted octanol–water partition coefficient (Wildman–Crippen LogP) is 4.77. The predicted molar refractivity (Wildman–Crippen MR) is 82.2 cm³/mol. The van der Waals surface area contributed by atoms with Crippen LogP contribution in [0, 0.1) is 17.0 Å². The topological polar surface area (TPSA) is 20.3 Å². The van der Waals surface area contributed by atoms with Crippen molar-refractivity contribution in [3.05, 3.63) is 33.8 Å². The van der Waals surface area contributed by atoms with Crippen molar-refractivity contribution in [2.75, 3.05) is 13.1 Å². The summed E-state index contributed by atoms with van der Waals surface area (Å²) in [4.78, 5) is 13.9. The molecular formula is C16H20BrF2NO. The highest BCUT2D eigenvalue weighted by Gasteiger charge is 2.34. The molecule has 0 aromatic heterocycles. The summed E-state index contributed by atoms with van der Waals surface area (Å²) in [6, 6.07) is 2.26. The van der Waals surface area contributed by atoms with Crippen molar-refractivity contribution in [1.82, 2.24) is 4.90 Å². The van der Waals surface area contributed by atoms with Gasteiger partial charge in [-0.1, -0.05) is 42.6 Å². The van der Waals surface area contributed by atoms with Gasteiger partial charge in [-0.15, -0.1) is 0 Å². The third-order valence-electron chi connectivity index (χ3n) is 4.83. The van der Waals surface area contributed by atoms with E-state index in [1.54, 1.807) is 4.90 Å². The van der Waals surface area contributed by atoms with Crippen molar-refractivity contribution >= 4 is 21.8 Å². The second-order valence-corrected chi connectivity index (χ2v) is 6.66.